The zero-order chi connectivity index (χ0) is 12.4. The summed E-state index contributed by atoms with van der Waals surface area (Å²) in [4.78, 5) is 0. The van der Waals surface area contributed by atoms with E-state index in [1.54, 1.807) is 7.11 Å². The largest absolute Gasteiger partial charge is 0.497 e. The Labute approximate surface area is 110 Å². The molecule has 2 atom stereocenters. The van der Waals surface area contributed by atoms with E-state index in [1.807, 2.05) is 0 Å². The average molecular weight is 245 g/mol. The van der Waals surface area contributed by atoms with Gasteiger partial charge in [0.05, 0.1) is 7.11 Å². The van der Waals surface area contributed by atoms with Crippen LogP contribution in [-0.4, -0.2) is 20.2 Å². The van der Waals surface area contributed by atoms with E-state index in [2.05, 4.69) is 29.6 Å². The quantitative estimate of drug-likeness (QED) is 0.864. The summed E-state index contributed by atoms with van der Waals surface area (Å²) >= 11 is 0. The van der Waals surface area contributed by atoms with Gasteiger partial charge in [0.2, 0.25) is 0 Å². The molecule has 1 aromatic carbocycles. The van der Waals surface area contributed by atoms with Gasteiger partial charge in [-0.25, -0.2) is 0 Å². The zero-order valence-corrected chi connectivity index (χ0v) is 11.2. The number of benzene rings is 1. The normalized spacial score (nSPS) is 31.7. The highest BCUT2D eigenvalue weighted by molar-refractivity contribution is 5.35. The van der Waals surface area contributed by atoms with E-state index in [0.717, 1.165) is 18.2 Å². The van der Waals surface area contributed by atoms with Crippen LogP contribution in [-0.2, 0) is 5.41 Å². The molecule has 2 aliphatic rings. The highest BCUT2D eigenvalue weighted by Gasteiger charge is 2.43. The number of hydrogen-bond donors (Lipinski definition) is 1. The molecule has 0 aromatic heterocycles. The molecule has 3 rings (SSSR count). The van der Waals surface area contributed by atoms with Crippen molar-refractivity contribution in [3.63, 3.8) is 0 Å². The van der Waals surface area contributed by atoms with Crippen molar-refractivity contribution in [1.29, 1.82) is 0 Å². The monoisotopic (exact) mass is 245 g/mol. The fraction of sp³-hybridized carbons (Fsp3) is 0.625. The molecule has 18 heavy (non-hydrogen) atoms. The summed E-state index contributed by atoms with van der Waals surface area (Å²) in [6.07, 6.45) is 6.80. The van der Waals surface area contributed by atoms with Crippen molar-refractivity contribution in [3.05, 3.63) is 29.8 Å². The van der Waals surface area contributed by atoms with E-state index < -0.39 is 0 Å². The van der Waals surface area contributed by atoms with E-state index in [1.165, 1.54) is 44.2 Å². The Hall–Kier alpha value is -1.02. The second kappa shape index (κ2) is 4.93. The number of hydrogen-bond acceptors (Lipinski definition) is 2. The third kappa shape index (κ3) is 1.93. The first-order valence-electron chi connectivity index (χ1n) is 7.20. The molecule has 1 aliphatic carbocycles. The van der Waals surface area contributed by atoms with E-state index in [9.17, 15) is 0 Å². The molecular weight excluding hydrogens is 222 g/mol. The molecule has 2 heteroatoms. The van der Waals surface area contributed by atoms with Crippen molar-refractivity contribution >= 4 is 0 Å². The molecule has 98 valence electrons. The predicted molar refractivity (Wildman–Crippen MR) is 74.1 cm³/mol. The molecular formula is C16H23NO. The van der Waals surface area contributed by atoms with Crippen molar-refractivity contribution in [2.75, 3.05) is 20.2 Å². The maximum absolute atomic E-state index is 5.41. The van der Waals surface area contributed by atoms with Crippen LogP contribution < -0.4 is 10.1 Å². The molecule has 1 aliphatic heterocycles. The minimum atomic E-state index is 0.415. The summed E-state index contributed by atoms with van der Waals surface area (Å²) in [6.45, 7) is 2.35. The van der Waals surface area contributed by atoms with E-state index in [-0.39, 0.29) is 0 Å². The number of piperidine rings is 1. The van der Waals surface area contributed by atoms with Crippen LogP contribution in [0, 0.1) is 5.92 Å². The number of methoxy groups -OCH3 is 1. The van der Waals surface area contributed by atoms with Crippen LogP contribution >= 0.6 is 0 Å². The highest BCUT2D eigenvalue weighted by Crippen LogP contribution is 2.47. The standard InChI is InChI=1S/C16H23NO/c1-18-15-7-4-6-13(11-15)16-8-3-2-5-14(16)12-17-10-9-16/h4,6-7,11,14,17H,2-3,5,8-10,12H2,1H3. The molecule has 1 heterocycles. The average Bonchev–Trinajstić information content (AvgIpc) is 2.47. The van der Waals surface area contributed by atoms with Gasteiger partial charge < -0.3 is 10.1 Å². The molecule has 0 amide bonds. The third-order valence-electron chi connectivity index (χ3n) is 4.99. The predicted octanol–water partition coefficient (Wildman–Crippen LogP) is 3.12. The van der Waals surface area contributed by atoms with Crippen LogP contribution in [0.1, 0.15) is 37.7 Å². The van der Waals surface area contributed by atoms with Gasteiger partial charge in [0.25, 0.3) is 0 Å². The molecule has 2 nitrogen and oxygen atoms in total. The van der Waals surface area contributed by atoms with Crippen molar-refractivity contribution in [2.24, 2.45) is 5.92 Å². The van der Waals surface area contributed by atoms with Crippen LogP contribution in [0.25, 0.3) is 0 Å². The van der Waals surface area contributed by atoms with Crippen LogP contribution in [0.4, 0.5) is 0 Å². The molecule has 0 radical (unpaired) electrons. The summed E-state index contributed by atoms with van der Waals surface area (Å²) in [5.41, 5.74) is 1.92. The molecule has 1 saturated heterocycles. The van der Waals surface area contributed by atoms with E-state index in [4.69, 9.17) is 4.74 Å². The lowest BCUT2D eigenvalue weighted by Gasteiger charge is -2.48. The van der Waals surface area contributed by atoms with Gasteiger partial charge >= 0.3 is 0 Å². The van der Waals surface area contributed by atoms with Crippen molar-refractivity contribution in [3.8, 4) is 5.75 Å². The summed E-state index contributed by atoms with van der Waals surface area (Å²) in [5, 5.41) is 3.58. The summed E-state index contributed by atoms with van der Waals surface area (Å²) < 4.78 is 5.41. The Bertz CT molecular complexity index is 403. The first-order valence-corrected chi connectivity index (χ1v) is 7.20. The highest BCUT2D eigenvalue weighted by atomic mass is 16.5. The van der Waals surface area contributed by atoms with Gasteiger partial charge in [0.1, 0.15) is 5.75 Å². The summed E-state index contributed by atoms with van der Waals surface area (Å²) in [6, 6.07) is 8.78. The fourth-order valence-corrected chi connectivity index (χ4v) is 3.98. The van der Waals surface area contributed by atoms with E-state index in [0.29, 0.717) is 5.41 Å². The first-order chi connectivity index (χ1) is 8.85. The number of nitrogens with one attached hydrogen (secondary N) is 1. The molecule has 0 spiro atoms. The maximum atomic E-state index is 5.41. The second-order valence-electron chi connectivity index (χ2n) is 5.78. The molecule has 2 fully saturated rings. The Morgan fingerprint density at radius 1 is 1.28 bits per heavy atom. The van der Waals surface area contributed by atoms with Gasteiger partial charge in [-0.1, -0.05) is 25.0 Å². The lowest BCUT2D eigenvalue weighted by molar-refractivity contribution is 0.137. The SMILES string of the molecule is COc1cccc(C23CCCCC2CNCC3)c1. The van der Waals surface area contributed by atoms with Crippen molar-refractivity contribution in [2.45, 2.75) is 37.5 Å². The Balaban J connectivity index is 1.98. The maximum Gasteiger partial charge on any atom is 0.119 e. The molecule has 1 N–H and O–H groups in total. The topological polar surface area (TPSA) is 21.3 Å². The fourth-order valence-electron chi connectivity index (χ4n) is 3.98. The van der Waals surface area contributed by atoms with Gasteiger partial charge in [-0.2, -0.15) is 0 Å². The minimum absolute atomic E-state index is 0.415. The smallest absolute Gasteiger partial charge is 0.119 e. The molecule has 0 bridgehead atoms. The van der Waals surface area contributed by atoms with Gasteiger partial charge in [-0.15, -0.1) is 0 Å². The van der Waals surface area contributed by atoms with Crippen LogP contribution in [0.3, 0.4) is 0 Å². The third-order valence-corrected chi connectivity index (χ3v) is 4.99. The first kappa shape index (κ1) is 12.0. The second-order valence-corrected chi connectivity index (χ2v) is 5.78. The Kier molecular flexibility index (Phi) is 3.29. The van der Waals surface area contributed by atoms with Crippen molar-refractivity contribution < 1.29 is 4.74 Å². The van der Waals surface area contributed by atoms with Gasteiger partial charge in [0.15, 0.2) is 0 Å². The molecule has 1 aromatic rings. The van der Waals surface area contributed by atoms with Crippen LogP contribution in [0.2, 0.25) is 0 Å². The minimum Gasteiger partial charge on any atom is -0.497 e. The lowest BCUT2D eigenvalue weighted by atomic mass is 9.59. The molecule has 1 saturated carbocycles. The van der Waals surface area contributed by atoms with E-state index >= 15 is 0 Å². The summed E-state index contributed by atoms with van der Waals surface area (Å²) in [7, 11) is 1.76. The van der Waals surface area contributed by atoms with Gasteiger partial charge in [-0.05, 0) is 56.0 Å². The van der Waals surface area contributed by atoms with Crippen LogP contribution in [0.15, 0.2) is 24.3 Å². The number of rotatable bonds is 2. The zero-order valence-electron chi connectivity index (χ0n) is 11.2. The van der Waals surface area contributed by atoms with Crippen LogP contribution in [0.5, 0.6) is 5.75 Å². The number of fused-ring (bicyclic) bond motifs is 1. The summed E-state index contributed by atoms with van der Waals surface area (Å²) in [5.74, 6) is 1.82. The van der Waals surface area contributed by atoms with Gasteiger partial charge in [-0.3, -0.25) is 0 Å². The Morgan fingerprint density at radius 2 is 2.22 bits per heavy atom. The number of ether oxygens (including phenoxy) is 1. The Morgan fingerprint density at radius 3 is 3.11 bits per heavy atom. The van der Waals surface area contributed by atoms with Crippen molar-refractivity contribution in [1.82, 2.24) is 5.32 Å². The molecule has 2 unspecified atom stereocenters. The van der Waals surface area contributed by atoms with Gasteiger partial charge in [0, 0.05) is 5.41 Å². The lowest BCUT2D eigenvalue weighted by Crippen LogP contribution is -2.49.